The molecule has 3 rings (SSSR count). The SMILES string of the molecule is C#CC#CN(c1nc(C)nc(N(C#CC#C)C2CC(C)(C)N(C)C(C)(C)C2)n1)C1CC(C)(C)N(C)C(C)(C)C1. The minimum Gasteiger partial charge on any atom is -0.296 e. The summed E-state index contributed by atoms with van der Waals surface area (Å²) >= 11 is 0. The van der Waals surface area contributed by atoms with Crippen molar-refractivity contribution < 1.29 is 0 Å². The molecule has 2 fully saturated rings. The average molecular weight is 528 g/mol. The molecule has 0 spiro atoms. The molecule has 1 aromatic rings. The van der Waals surface area contributed by atoms with Gasteiger partial charge in [-0.05, 0) is 114 Å². The first-order valence-corrected chi connectivity index (χ1v) is 13.7. The van der Waals surface area contributed by atoms with Gasteiger partial charge in [-0.25, -0.2) is 0 Å². The molecule has 0 aliphatic carbocycles. The maximum atomic E-state index is 5.57. The van der Waals surface area contributed by atoms with Crippen molar-refractivity contribution in [2.75, 3.05) is 23.9 Å². The summed E-state index contributed by atoms with van der Waals surface area (Å²) in [4.78, 5) is 23.3. The predicted molar refractivity (Wildman–Crippen MR) is 161 cm³/mol. The smallest absolute Gasteiger partial charge is 0.242 e. The van der Waals surface area contributed by atoms with E-state index in [9.17, 15) is 0 Å². The van der Waals surface area contributed by atoms with Crippen LogP contribution >= 0.6 is 0 Å². The summed E-state index contributed by atoms with van der Waals surface area (Å²) in [7, 11) is 4.37. The topological polar surface area (TPSA) is 51.6 Å². The molecule has 0 amide bonds. The Morgan fingerprint density at radius 2 is 0.949 bits per heavy atom. The van der Waals surface area contributed by atoms with E-state index in [-0.39, 0.29) is 34.2 Å². The number of aryl methyl sites for hydroxylation is 1. The number of rotatable bonds is 4. The van der Waals surface area contributed by atoms with E-state index in [1.165, 1.54) is 0 Å². The first-order chi connectivity index (χ1) is 17.9. The van der Waals surface area contributed by atoms with Crippen molar-refractivity contribution >= 4 is 11.9 Å². The van der Waals surface area contributed by atoms with E-state index in [4.69, 9.17) is 27.8 Å². The van der Waals surface area contributed by atoms with Gasteiger partial charge in [0.05, 0.1) is 0 Å². The Hall–Kier alpha value is -3.23. The molecule has 208 valence electrons. The number of piperidine rings is 2. The molecular weight excluding hydrogens is 482 g/mol. The van der Waals surface area contributed by atoms with Crippen LogP contribution in [0.15, 0.2) is 0 Å². The van der Waals surface area contributed by atoms with Crippen LogP contribution in [0.5, 0.6) is 0 Å². The molecule has 0 N–H and O–H groups in total. The molecule has 0 atom stereocenters. The Morgan fingerprint density at radius 1 is 0.641 bits per heavy atom. The molecule has 0 aromatic carbocycles. The van der Waals surface area contributed by atoms with E-state index in [1.54, 1.807) is 0 Å². The third-order valence-electron chi connectivity index (χ3n) is 8.95. The van der Waals surface area contributed by atoms with Crippen LogP contribution in [0.3, 0.4) is 0 Å². The van der Waals surface area contributed by atoms with Crippen LogP contribution < -0.4 is 9.80 Å². The molecule has 2 aliphatic heterocycles. The van der Waals surface area contributed by atoms with Gasteiger partial charge in [-0.15, -0.1) is 12.8 Å². The van der Waals surface area contributed by atoms with Gasteiger partial charge in [0.25, 0.3) is 0 Å². The molecule has 0 bridgehead atoms. The second kappa shape index (κ2) is 10.7. The summed E-state index contributed by atoms with van der Waals surface area (Å²) in [5, 5.41) is 0. The largest absolute Gasteiger partial charge is 0.296 e. The fraction of sp³-hybridized carbons (Fsp3) is 0.656. The zero-order valence-corrected chi connectivity index (χ0v) is 25.8. The maximum Gasteiger partial charge on any atom is 0.242 e. The average Bonchev–Trinajstić information content (AvgIpc) is 2.80. The molecule has 1 aromatic heterocycles. The van der Waals surface area contributed by atoms with Crippen molar-refractivity contribution in [3.05, 3.63) is 5.82 Å². The second-order valence-corrected chi connectivity index (χ2v) is 13.5. The van der Waals surface area contributed by atoms with E-state index in [0.717, 1.165) is 25.7 Å². The van der Waals surface area contributed by atoms with Gasteiger partial charge in [0.1, 0.15) is 5.82 Å². The van der Waals surface area contributed by atoms with E-state index in [0.29, 0.717) is 17.7 Å². The summed E-state index contributed by atoms with van der Waals surface area (Å²) in [6, 6.07) is 6.48. The molecule has 7 nitrogen and oxygen atoms in total. The minimum absolute atomic E-state index is 0.0526. The molecule has 3 heterocycles. The number of hydrogen-bond acceptors (Lipinski definition) is 7. The fourth-order valence-electron chi connectivity index (χ4n) is 6.47. The maximum absolute atomic E-state index is 5.57. The highest BCUT2D eigenvalue weighted by Gasteiger charge is 2.47. The first-order valence-electron chi connectivity index (χ1n) is 13.7. The third-order valence-corrected chi connectivity index (χ3v) is 8.95. The quantitative estimate of drug-likeness (QED) is 0.428. The summed E-state index contributed by atoms with van der Waals surface area (Å²) in [6.45, 7) is 20.0. The second-order valence-electron chi connectivity index (χ2n) is 13.5. The molecule has 7 heteroatoms. The lowest BCUT2D eigenvalue weighted by Gasteiger charge is -2.55. The van der Waals surface area contributed by atoms with E-state index in [1.807, 2.05) is 16.7 Å². The van der Waals surface area contributed by atoms with Gasteiger partial charge in [-0.1, -0.05) is 0 Å². The van der Waals surface area contributed by atoms with Gasteiger partial charge in [0.15, 0.2) is 0 Å². The van der Waals surface area contributed by atoms with Crippen LogP contribution in [0.25, 0.3) is 0 Å². The number of anilines is 2. The molecule has 2 aliphatic rings. The van der Waals surface area contributed by atoms with Crippen molar-refractivity contribution in [2.24, 2.45) is 0 Å². The lowest BCUT2D eigenvalue weighted by atomic mass is 9.77. The number of likely N-dealkylation sites (tertiary alicyclic amines) is 2. The Morgan fingerprint density at radius 3 is 1.23 bits per heavy atom. The number of terminal acetylenes is 2. The molecule has 39 heavy (non-hydrogen) atoms. The van der Waals surface area contributed by atoms with Gasteiger partial charge in [0, 0.05) is 58.2 Å². The summed E-state index contributed by atoms with van der Waals surface area (Å²) in [6.07, 6.45) is 14.7. The monoisotopic (exact) mass is 527 g/mol. The normalized spacial score (nSPS) is 22.3. The van der Waals surface area contributed by atoms with Gasteiger partial charge in [-0.2, -0.15) is 15.0 Å². The lowest BCUT2D eigenvalue weighted by molar-refractivity contribution is -0.0111. The minimum atomic E-state index is -0.0526. The Labute approximate surface area is 237 Å². The van der Waals surface area contributed by atoms with Crippen LogP contribution in [0, 0.1) is 55.5 Å². The van der Waals surface area contributed by atoms with E-state index >= 15 is 0 Å². The highest BCUT2D eigenvalue weighted by atomic mass is 15.4. The Bertz CT molecular complexity index is 1150. The zero-order valence-electron chi connectivity index (χ0n) is 25.8. The van der Waals surface area contributed by atoms with Crippen molar-refractivity contribution in [1.82, 2.24) is 24.8 Å². The Kier molecular flexibility index (Phi) is 8.35. The van der Waals surface area contributed by atoms with Crippen LogP contribution in [0.4, 0.5) is 11.9 Å². The molecular formula is C32H45N7. The van der Waals surface area contributed by atoms with Gasteiger partial charge in [0.2, 0.25) is 11.9 Å². The molecule has 2 saturated heterocycles. The first kappa shape index (κ1) is 30.3. The highest BCUT2D eigenvalue weighted by Crippen LogP contribution is 2.41. The summed E-state index contributed by atoms with van der Waals surface area (Å²) < 4.78 is 0. The van der Waals surface area contributed by atoms with E-state index < -0.39 is 0 Å². The number of aromatic nitrogens is 3. The van der Waals surface area contributed by atoms with Gasteiger partial charge < -0.3 is 0 Å². The van der Waals surface area contributed by atoms with Gasteiger partial charge in [-0.3, -0.25) is 19.6 Å². The summed E-state index contributed by atoms with van der Waals surface area (Å²) in [5.74, 6) is 12.1. The zero-order chi connectivity index (χ0) is 29.4. The van der Waals surface area contributed by atoms with Crippen molar-refractivity contribution in [3.63, 3.8) is 0 Å². The van der Waals surface area contributed by atoms with Gasteiger partial charge >= 0.3 is 0 Å². The predicted octanol–water partition coefficient (Wildman–Crippen LogP) is 4.28. The molecule has 0 radical (unpaired) electrons. The van der Waals surface area contributed by atoms with E-state index in [2.05, 4.69) is 115 Å². The molecule has 0 unspecified atom stereocenters. The highest BCUT2D eigenvalue weighted by molar-refractivity contribution is 5.51. The van der Waals surface area contributed by atoms with Crippen LogP contribution in [0.1, 0.15) is 86.9 Å². The summed E-state index contributed by atoms with van der Waals surface area (Å²) in [5.41, 5.74) is -0.210. The number of nitrogens with zero attached hydrogens (tertiary/aromatic N) is 7. The molecule has 0 saturated carbocycles. The van der Waals surface area contributed by atoms with Crippen molar-refractivity contribution in [1.29, 1.82) is 0 Å². The van der Waals surface area contributed by atoms with Crippen LogP contribution in [0.2, 0.25) is 0 Å². The van der Waals surface area contributed by atoms with Crippen molar-refractivity contribution in [3.8, 4) is 48.6 Å². The Balaban J connectivity index is 2.12. The van der Waals surface area contributed by atoms with Crippen LogP contribution in [-0.2, 0) is 0 Å². The van der Waals surface area contributed by atoms with Crippen molar-refractivity contribution in [2.45, 2.75) is 122 Å². The third kappa shape index (κ3) is 6.34. The standard InChI is InChI=1S/C32H45N7/c1-14-16-18-38(25-20-29(4,5)36(12)30(6,7)21-25)27-33-24(3)34-28(35-27)39(19-17-15-2)26-22-31(8,9)37(13)32(10,11)23-26/h1-2,25-26H,20-23H2,3-13H3. The number of hydrogen-bond donors (Lipinski definition) is 0. The van der Waals surface area contributed by atoms with Crippen LogP contribution in [-0.4, -0.2) is 73.1 Å². The lowest BCUT2D eigenvalue weighted by Crippen LogP contribution is -2.62. The fourth-order valence-corrected chi connectivity index (χ4v) is 6.47.